The average Bonchev–Trinajstić information content (AvgIpc) is 2.95. The van der Waals surface area contributed by atoms with Crippen LogP contribution < -0.4 is 0 Å². The number of hydrogen-bond donors (Lipinski definition) is 0. The fraction of sp³-hybridized carbons (Fsp3) is 0.368. The summed E-state index contributed by atoms with van der Waals surface area (Å²) in [5, 5.41) is 4.15. The van der Waals surface area contributed by atoms with E-state index in [1.165, 1.54) is 16.9 Å². The first kappa shape index (κ1) is 19.0. The number of rotatable bonds is 6. The first-order valence-corrected chi connectivity index (χ1v) is 8.72. The van der Waals surface area contributed by atoms with E-state index in [0.717, 1.165) is 12.1 Å². The summed E-state index contributed by atoms with van der Waals surface area (Å²) in [7, 11) is 0. The first-order chi connectivity index (χ1) is 12.9. The standard InChI is InChI=1S/C19H20F3N5/c1-4-11(2)24-14-5-6-16(25-15(14)7-8-18(21)22)19-13(20)10-27-17(19)9-23-12(3)26-27/h5-6,9-10,18H,4,7-8H2,1-3H3. The zero-order valence-electron chi connectivity index (χ0n) is 15.4. The summed E-state index contributed by atoms with van der Waals surface area (Å²) >= 11 is 0. The van der Waals surface area contributed by atoms with E-state index in [-0.39, 0.29) is 18.4 Å². The minimum Gasteiger partial charge on any atom is -0.256 e. The molecule has 5 nitrogen and oxygen atoms in total. The number of aromatic nitrogens is 4. The Hall–Kier alpha value is -2.77. The average molecular weight is 375 g/mol. The van der Waals surface area contributed by atoms with Gasteiger partial charge in [0.2, 0.25) is 6.43 Å². The summed E-state index contributed by atoms with van der Waals surface area (Å²) in [6.07, 6.45) is 0.811. The summed E-state index contributed by atoms with van der Waals surface area (Å²) in [6.45, 7) is 5.54. The van der Waals surface area contributed by atoms with Gasteiger partial charge in [0.05, 0.1) is 40.5 Å². The minimum atomic E-state index is -2.44. The molecule has 0 spiro atoms. The Morgan fingerprint density at radius 1 is 1.30 bits per heavy atom. The Morgan fingerprint density at radius 3 is 2.78 bits per heavy atom. The molecule has 27 heavy (non-hydrogen) atoms. The van der Waals surface area contributed by atoms with Crippen LogP contribution in [0.4, 0.5) is 18.9 Å². The van der Waals surface area contributed by atoms with E-state index < -0.39 is 12.2 Å². The highest BCUT2D eigenvalue weighted by atomic mass is 19.3. The third-order valence-corrected chi connectivity index (χ3v) is 4.23. The van der Waals surface area contributed by atoms with Crippen LogP contribution in [0.3, 0.4) is 0 Å². The van der Waals surface area contributed by atoms with Crippen molar-refractivity contribution in [3.05, 3.63) is 41.9 Å². The van der Waals surface area contributed by atoms with Gasteiger partial charge in [-0.2, -0.15) is 5.10 Å². The Labute approximate surface area is 155 Å². The van der Waals surface area contributed by atoms with Crippen molar-refractivity contribution < 1.29 is 13.2 Å². The number of hydrogen-bond acceptors (Lipinski definition) is 4. The van der Waals surface area contributed by atoms with Gasteiger partial charge in [-0.25, -0.2) is 22.7 Å². The number of nitrogens with zero attached hydrogens (tertiary/aromatic N) is 5. The van der Waals surface area contributed by atoms with Crippen LogP contribution in [0.1, 0.15) is 38.2 Å². The molecule has 0 N–H and O–H groups in total. The quantitative estimate of drug-likeness (QED) is 0.574. The summed E-state index contributed by atoms with van der Waals surface area (Å²) in [5.74, 6) is 0.0116. The van der Waals surface area contributed by atoms with E-state index >= 15 is 0 Å². The maximum absolute atomic E-state index is 14.6. The molecule has 3 rings (SSSR count). The van der Waals surface area contributed by atoms with E-state index in [1.807, 2.05) is 13.8 Å². The number of halogens is 3. The van der Waals surface area contributed by atoms with Gasteiger partial charge >= 0.3 is 0 Å². The largest absolute Gasteiger partial charge is 0.256 e. The third-order valence-electron chi connectivity index (χ3n) is 4.23. The van der Waals surface area contributed by atoms with Gasteiger partial charge in [-0.05, 0) is 38.8 Å². The van der Waals surface area contributed by atoms with E-state index in [0.29, 0.717) is 28.4 Å². The highest BCUT2D eigenvalue weighted by molar-refractivity contribution is 5.85. The molecule has 3 aromatic rings. The molecule has 0 aromatic carbocycles. The van der Waals surface area contributed by atoms with Crippen LogP contribution in [0.2, 0.25) is 0 Å². The van der Waals surface area contributed by atoms with Gasteiger partial charge in [0, 0.05) is 12.1 Å². The van der Waals surface area contributed by atoms with Gasteiger partial charge in [0.15, 0.2) is 5.82 Å². The Kier molecular flexibility index (Phi) is 5.53. The van der Waals surface area contributed by atoms with E-state index in [1.54, 1.807) is 19.1 Å². The van der Waals surface area contributed by atoms with Crippen LogP contribution in [0, 0.1) is 12.7 Å². The molecule has 0 saturated heterocycles. The van der Waals surface area contributed by atoms with Crippen LogP contribution in [-0.2, 0) is 6.42 Å². The molecule has 0 amide bonds. The SMILES string of the molecule is CCC(C)=Nc1ccc(-c2c(F)cn3nc(C)ncc23)nc1CCC(F)F. The van der Waals surface area contributed by atoms with E-state index in [2.05, 4.69) is 20.1 Å². The highest BCUT2D eigenvalue weighted by Crippen LogP contribution is 2.30. The van der Waals surface area contributed by atoms with Gasteiger partial charge < -0.3 is 0 Å². The number of alkyl halides is 2. The normalized spacial score (nSPS) is 12.3. The van der Waals surface area contributed by atoms with Gasteiger partial charge in [-0.3, -0.25) is 9.98 Å². The van der Waals surface area contributed by atoms with E-state index in [4.69, 9.17) is 0 Å². The molecule has 0 aliphatic rings. The minimum absolute atomic E-state index is 0.0599. The van der Waals surface area contributed by atoms with Gasteiger partial charge in [-0.1, -0.05) is 6.92 Å². The molecule has 0 aliphatic carbocycles. The monoisotopic (exact) mass is 375 g/mol. The predicted molar refractivity (Wildman–Crippen MR) is 98.3 cm³/mol. The lowest BCUT2D eigenvalue weighted by Crippen LogP contribution is -2.00. The summed E-state index contributed by atoms with van der Waals surface area (Å²) in [4.78, 5) is 13.0. The molecule has 0 saturated carbocycles. The first-order valence-electron chi connectivity index (χ1n) is 8.72. The molecule has 3 heterocycles. The fourth-order valence-electron chi connectivity index (χ4n) is 2.72. The van der Waals surface area contributed by atoms with Gasteiger partial charge in [0.25, 0.3) is 0 Å². The number of aryl methyl sites for hydroxylation is 2. The number of fused-ring (bicyclic) bond motifs is 1. The van der Waals surface area contributed by atoms with Gasteiger partial charge in [-0.15, -0.1) is 0 Å². The second kappa shape index (κ2) is 7.85. The van der Waals surface area contributed by atoms with Crippen LogP contribution in [-0.4, -0.2) is 31.7 Å². The maximum atomic E-state index is 14.6. The second-order valence-corrected chi connectivity index (χ2v) is 6.28. The summed E-state index contributed by atoms with van der Waals surface area (Å²) < 4.78 is 41.4. The summed E-state index contributed by atoms with van der Waals surface area (Å²) in [5.41, 5.74) is 2.89. The van der Waals surface area contributed by atoms with Crippen molar-refractivity contribution >= 4 is 16.9 Å². The molecule has 0 aliphatic heterocycles. The van der Waals surface area contributed by atoms with Crippen LogP contribution in [0.25, 0.3) is 16.8 Å². The Morgan fingerprint density at radius 2 is 2.07 bits per heavy atom. The molecule has 3 aromatic heterocycles. The maximum Gasteiger partial charge on any atom is 0.239 e. The molecular weight excluding hydrogens is 355 g/mol. The van der Waals surface area contributed by atoms with Crippen molar-refractivity contribution in [3.8, 4) is 11.3 Å². The van der Waals surface area contributed by atoms with Crippen molar-refractivity contribution in [2.75, 3.05) is 0 Å². The predicted octanol–water partition coefficient (Wildman–Crippen LogP) is 4.94. The zero-order valence-corrected chi connectivity index (χ0v) is 15.4. The molecule has 0 atom stereocenters. The lowest BCUT2D eigenvalue weighted by Gasteiger charge is -2.09. The van der Waals surface area contributed by atoms with Crippen molar-refractivity contribution in [1.82, 2.24) is 19.6 Å². The molecule has 0 bridgehead atoms. The van der Waals surface area contributed by atoms with Crippen molar-refractivity contribution in [2.24, 2.45) is 4.99 Å². The van der Waals surface area contributed by atoms with Crippen LogP contribution in [0.5, 0.6) is 0 Å². The smallest absolute Gasteiger partial charge is 0.239 e. The lowest BCUT2D eigenvalue weighted by atomic mass is 10.1. The lowest BCUT2D eigenvalue weighted by molar-refractivity contribution is 0.138. The number of aliphatic imine (C=N–C) groups is 1. The Balaban J connectivity index is 2.11. The van der Waals surface area contributed by atoms with Crippen LogP contribution >= 0.6 is 0 Å². The molecular formula is C19H20F3N5. The van der Waals surface area contributed by atoms with Crippen LogP contribution in [0.15, 0.2) is 29.5 Å². The Bertz CT molecular complexity index is 994. The molecule has 8 heteroatoms. The highest BCUT2D eigenvalue weighted by Gasteiger charge is 2.18. The zero-order chi connectivity index (χ0) is 19.6. The van der Waals surface area contributed by atoms with E-state index in [9.17, 15) is 13.2 Å². The third kappa shape index (κ3) is 4.15. The van der Waals surface area contributed by atoms with Crippen molar-refractivity contribution in [3.63, 3.8) is 0 Å². The molecule has 142 valence electrons. The topological polar surface area (TPSA) is 55.4 Å². The van der Waals surface area contributed by atoms with Crippen molar-refractivity contribution in [1.29, 1.82) is 0 Å². The number of pyridine rings is 1. The summed E-state index contributed by atoms with van der Waals surface area (Å²) in [6, 6.07) is 3.34. The fourth-order valence-corrected chi connectivity index (χ4v) is 2.72. The molecule has 0 radical (unpaired) electrons. The van der Waals surface area contributed by atoms with Gasteiger partial charge in [0.1, 0.15) is 5.82 Å². The van der Waals surface area contributed by atoms with Crippen molar-refractivity contribution in [2.45, 2.75) is 46.5 Å². The molecule has 0 fully saturated rings. The molecule has 0 unspecified atom stereocenters. The second-order valence-electron chi connectivity index (χ2n) is 6.28.